The zero-order valence-electron chi connectivity index (χ0n) is 23.3. The van der Waals surface area contributed by atoms with Crippen molar-refractivity contribution in [2.24, 2.45) is 0 Å². The van der Waals surface area contributed by atoms with Crippen LogP contribution >= 0.6 is 10.6 Å². The van der Waals surface area contributed by atoms with Crippen LogP contribution in [-0.4, -0.2) is 59.2 Å². The monoisotopic (exact) mass is 624 g/mol. The number of aryl methyl sites for hydroxylation is 1. The number of amides is 1. The first-order valence-corrected chi connectivity index (χ1v) is 15.3. The van der Waals surface area contributed by atoms with Gasteiger partial charge in [0.05, 0.1) is 36.0 Å². The maximum atomic E-state index is 15.0. The van der Waals surface area contributed by atoms with E-state index in [4.69, 9.17) is 9.47 Å². The zero-order valence-corrected chi connectivity index (χ0v) is 24.2. The summed E-state index contributed by atoms with van der Waals surface area (Å²) in [4.78, 5) is 26.5. The van der Waals surface area contributed by atoms with Crippen LogP contribution in [-0.2, 0) is 27.3 Å². The molecule has 0 bridgehead atoms. The Morgan fingerprint density at radius 1 is 1.02 bits per heavy atom. The standard InChI is InChI=1S/C30H32F4N2O6S/c1-2-41-27(37)14-12-21-11-13-23(19-25(21)31)36(29(38)30(32,33)34)20-22-7-6-10-26-28(22)43(39,40)18-16-35(26)15-17-42-24-8-4-3-5-9-24/h3-11,13,19,39-40H,2,12,14-18,20H2,1H3. The molecule has 3 aromatic carbocycles. The Morgan fingerprint density at radius 3 is 2.44 bits per heavy atom. The number of anilines is 2. The van der Waals surface area contributed by atoms with Gasteiger partial charge in [-0.25, -0.2) is 4.39 Å². The summed E-state index contributed by atoms with van der Waals surface area (Å²) in [5, 5.41) is 0. The third-order valence-corrected chi connectivity index (χ3v) is 8.71. The Balaban J connectivity index is 1.62. The van der Waals surface area contributed by atoms with E-state index in [9.17, 15) is 36.3 Å². The number of para-hydroxylation sites is 1. The lowest BCUT2D eigenvalue weighted by atomic mass is 10.1. The molecule has 0 unspecified atom stereocenters. The largest absolute Gasteiger partial charge is 0.492 e. The number of fused-ring (bicyclic) bond motifs is 1. The molecule has 1 aliphatic rings. The van der Waals surface area contributed by atoms with Crippen LogP contribution in [0.2, 0.25) is 0 Å². The normalized spacial score (nSPS) is 14.9. The quantitative estimate of drug-likeness (QED) is 0.188. The number of benzene rings is 3. The van der Waals surface area contributed by atoms with Crippen molar-refractivity contribution in [3.63, 3.8) is 0 Å². The van der Waals surface area contributed by atoms with Crippen molar-refractivity contribution in [2.75, 3.05) is 41.9 Å². The molecular formula is C30H32F4N2O6S. The highest BCUT2D eigenvalue weighted by atomic mass is 32.3. The number of carbonyl (C=O) groups is 2. The first kappa shape index (κ1) is 32.1. The second-order valence-electron chi connectivity index (χ2n) is 9.75. The van der Waals surface area contributed by atoms with Gasteiger partial charge in [-0.3, -0.25) is 18.7 Å². The number of ether oxygens (including phenoxy) is 2. The van der Waals surface area contributed by atoms with Gasteiger partial charge in [0.15, 0.2) is 0 Å². The Kier molecular flexibility index (Phi) is 10.2. The van der Waals surface area contributed by atoms with E-state index in [1.165, 1.54) is 12.1 Å². The summed E-state index contributed by atoms with van der Waals surface area (Å²) in [5.74, 6) is -3.11. The number of hydrogen-bond acceptors (Lipinski definition) is 7. The van der Waals surface area contributed by atoms with Gasteiger partial charge in [-0.05, 0) is 54.8 Å². The fraction of sp³-hybridized carbons (Fsp3) is 0.333. The van der Waals surface area contributed by atoms with E-state index < -0.39 is 41.0 Å². The summed E-state index contributed by atoms with van der Waals surface area (Å²) in [6.07, 6.45) is -5.47. The van der Waals surface area contributed by atoms with Crippen LogP contribution in [0.3, 0.4) is 0 Å². The number of rotatable bonds is 11. The van der Waals surface area contributed by atoms with Crippen LogP contribution in [0, 0.1) is 5.82 Å². The summed E-state index contributed by atoms with van der Waals surface area (Å²) in [5.41, 5.74) is 0.171. The predicted molar refractivity (Wildman–Crippen MR) is 155 cm³/mol. The van der Waals surface area contributed by atoms with Gasteiger partial charge >= 0.3 is 18.1 Å². The van der Waals surface area contributed by atoms with E-state index in [0.717, 1.165) is 12.1 Å². The highest BCUT2D eigenvalue weighted by molar-refractivity contribution is 8.24. The first-order chi connectivity index (χ1) is 20.4. The number of halogens is 4. The molecule has 0 radical (unpaired) electrons. The van der Waals surface area contributed by atoms with Gasteiger partial charge in [0.1, 0.15) is 18.2 Å². The van der Waals surface area contributed by atoms with Gasteiger partial charge in [-0.1, -0.05) is 36.4 Å². The molecule has 232 valence electrons. The van der Waals surface area contributed by atoms with E-state index in [1.807, 2.05) is 23.1 Å². The summed E-state index contributed by atoms with van der Waals surface area (Å²) in [6, 6.07) is 16.8. The summed E-state index contributed by atoms with van der Waals surface area (Å²) in [6.45, 7) is 1.95. The second-order valence-corrected chi connectivity index (χ2v) is 11.9. The fourth-order valence-corrected chi connectivity index (χ4v) is 6.55. The van der Waals surface area contributed by atoms with Crippen LogP contribution in [0.1, 0.15) is 24.5 Å². The molecule has 0 aromatic heterocycles. The topological polar surface area (TPSA) is 99.5 Å². The molecule has 13 heteroatoms. The highest BCUT2D eigenvalue weighted by Crippen LogP contribution is 2.56. The minimum Gasteiger partial charge on any atom is -0.492 e. The molecular weight excluding hydrogens is 592 g/mol. The molecule has 4 rings (SSSR count). The van der Waals surface area contributed by atoms with E-state index in [0.29, 0.717) is 22.9 Å². The van der Waals surface area contributed by atoms with Gasteiger partial charge in [-0.2, -0.15) is 23.8 Å². The molecule has 43 heavy (non-hydrogen) atoms. The molecule has 3 aromatic rings. The molecule has 0 fully saturated rings. The smallest absolute Gasteiger partial charge is 0.471 e. The van der Waals surface area contributed by atoms with E-state index in [1.54, 1.807) is 31.2 Å². The maximum Gasteiger partial charge on any atom is 0.471 e. The van der Waals surface area contributed by atoms with Crippen molar-refractivity contribution < 1.29 is 45.7 Å². The lowest BCUT2D eigenvalue weighted by molar-refractivity contribution is -0.170. The van der Waals surface area contributed by atoms with Crippen molar-refractivity contribution in [3.05, 3.63) is 83.7 Å². The third-order valence-electron chi connectivity index (χ3n) is 6.83. The van der Waals surface area contributed by atoms with Crippen LogP contribution in [0.15, 0.2) is 71.6 Å². The van der Waals surface area contributed by atoms with Crippen molar-refractivity contribution in [2.45, 2.75) is 37.4 Å². The first-order valence-electron chi connectivity index (χ1n) is 13.5. The SMILES string of the molecule is CCOC(=O)CCc1ccc(N(Cc2cccc3c2S(O)(O)CCN3CCOc2ccccc2)C(=O)C(F)(F)F)cc1F. The minimum atomic E-state index is -5.29. The maximum absolute atomic E-state index is 15.0. The van der Waals surface area contributed by atoms with Gasteiger partial charge in [-0.15, -0.1) is 0 Å². The Labute approximate surface area is 248 Å². The van der Waals surface area contributed by atoms with Crippen LogP contribution in [0.5, 0.6) is 5.75 Å². The number of esters is 1. The molecule has 0 saturated heterocycles. The highest BCUT2D eigenvalue weighted by Gasteiger charge is 2.44. The van der Waals surface area contributed by atoms with Gasteiger partial charge in [0, 0.05) is 18.7 Å². The van der Waals surface area contributed by atoms with E-state index in [-0.39, 0.29) is 60.1 Å². The molecule has 1 aliphatic heterocycles. The average Bonchev–Trinajstić information content (AvgIpc) is 2.96. The van der Waals surface area contributed by atoms with Crippen molar-refractivity contribution in [3.8, 4) is 5.75 Å². The van der Waals surface area contributed by atoms with Crippen LogP contribution in [0.25, 0.3) is 0 Å². The van der Waals surface area contributed by atoms with E-state index >= 15 is 0 Å². The fourth-order valence-electron chi connectivity index (χ4n) is 4.79. The van der Waals surface area contributed by atoms with Crippen molar-refractivity contribution in [1.82, 2.24) is 0 Å². The number of carbonyl (C=O) groups excluding carboxylic acids is 2. The Hall–Kier alpha value is -3.81. The Morgan fingerprint density at radius 2 is 1.77 bits per heavy atom. The van der Waals surface area contributed by atoms with Crippen molar-refractivity contribution in [1.29, 1.82) is 0 Å². The molecule has 2 N–H and O–H groups in total. The molecule has 0 atom stereocenters. The van der Waals surface area contributed by atoms with Gasteiger partial charge in [0.2, 0.25) is 0 Å². The van der Waals surface area contributed by atoms with E-state index in [2.05, 4.69) is 0 Å². The minimum absolute atomic E-state index is 0.0347. The third kappa shape index (κ3) is 7.98. The zero-order chi connectivity index (χ0) is 31.2. The lowest BCUT2D eigenvalue weighted by Crippen LogP contribution is -2.42. The molecule has 8 nitrogen and oxygen atoms in total. The lowest BCUT2D eigenvalue weighted by Gasteiger charge is -2.44. The molecule has 0 aliphatic carbocycles. The van der Waals surface area contributed by atoms with Gasteiger partial charge in [0.25, 0.3) is 0 Å². The van der Waals surface area contributed by atoms with Gasteiger partial charge < -0.3 is 19.3 Å². The molecule has 0 spiro atoms. The number of nitrogens with zero attached hydrogens (tertiary/aromatic N) is 2. The predicted octanol–water partition coefficient (Wildman–Crippen LogP) is 6.43. The Bertz CT molecular complexity index is 1440. The van der Waals surface area contributed by atoms with Crippen LogP contribution < -0.4 is 14.5 Å². The molecule has 0 saturated carbocycles. The summed E-state index contributed by atoms with van der Waals surface area (Å²) >= 11 is 0. The van der Waals surface area contributed by atoms with Crippen molar-refractivity contribution >= 4 is 33.8 Å². The molecule has 1 amide bonds. The summed E-state index contributed by atoms with van der Waals surface area (Å²) < 4.78 is 88.7. The van der Waals surface area contributed by atoms with Crippen LogP contribution in [0.4, 0.5) is 28.9 Å². The summed E-state index contributed by atoms with van der Waals surface area (Å²) in [7, 11) is -3.43. The number of hydrogen-bond donors (Lipinski definition) is 2. The molecule has 1 heterocycles. The second kappa shape index (κ2) is 13.7. The average molecular weight is 625 g/mol. The number of alkyl halides is 3.